The number of likely N-dealkylation sites (N-methyl/N-ethyl adjacent to an activating group) is 1. The third kappa shape index (κ3) is 5.73. The van der Waals surface area contributed by atoms with E-state index in [0.29, 0.717) is 6.54 Å². The quantitative estimate of drug-likeness (QED) is 0.763. The highest BCUT2D eigenvalue weighted by Gasteiger charge is 2.15. The van der Waals surface area contributed by atoms with Crippen molar-refractivity contribution in [2.24, 2.45) is 0 Å². The molecular weight excluding hydrogens is 282 g/mol. The third-order valence-electron chi connectivity index (χ3n) is 3.32. The zero-order valence-corrected chi connectivity index (χ0v) is 13.9. The molecule has 6 heteroatoms. The summed E-state index contributed by atoms with van der Waals surface area (Å²) >= 11 is 0. The minimum Gasteiger partial charge on any atom is -0.456 e. The van der Waals surface area contributed by atoms with E-state index in [1.54, 1.807) is 0 Å². The average molecular weight is 307 g/mol. The molecule has 0 spiro atoms. The molecular formula is C16H25N3O3. The van der Waals surface area contributed by atoms with Crippen molar-refractivity contribution in [1.82, 2.24) is 10.2 Å². The Morgan fingerprint density at radius 3 is 2.18 bits per heavy atom. The predicted octanol–water partition coefficient (Wildman–Crippen LogP) is 1.03. The molecule has 0 saturated heterocycles. The van der Waals surface area contributed by atoms with Crippen molar-refractivity contribution in [3.05, 3.63) is 29.8 Å². The molecule has 6 nitrogen and oxygen atoms in total. The first kappa shape index (κ1) is 18.0. The summed E-state index contributed by atoms with van der Waals surface area (Å²) in [5, 5.41) is 2.79. The maximum Gasteiger partial charge on any atom is 0.303 e. The molecule has 0 unspecified atom stereocenters. The summed E-state index contributed by atoms with van der Waals surface area (Å²) in [4.78, 5) is 26.4. The van der Waals surface area contributed by atoms with Crippen molar-refractivity contribution >= 4 is 17.6 Å². The van der Waals surface area contributed by atoms with Crippen LogP contribution in [-0.2, 0) is 14.3 Å². The van der Waals surface area contributed by atoms with E-state index in [4.69, 9.17) is 0 Å². The molecule has 1 rings (SSSR count). The van der Waals surface area contributed by atoms with Crippen LogP contribution in [0.2, 0.25) is 0 Å². The van der Waals surface area contributed by atoms with Crippen molar-refractivity contribution in [3.63, 3.8) is 0 Å². The van der Waals surface area contributed by atoms with Crippen LogP contribution in [-0.4, -0.2) is 58.1 Å². The molecule has 0 bridgehead atoms. The number of benzene rings is 1. The highest BCUT2D eigenvalue weighted by Crippen LogP contribution is 2.20. The molecule has 0 fully saturated rings. The van der Waals surface area contributed by atoms with Crippen LogP contribution in [0.4, 0.5) is 5.69 Å². The van der Waals surface area contributed by atoms with E-state index in [0.717, 1.165) is 11.3 Å². The normalized spacial score (nSPS) is 11.9. The van der Waals surface area contributed by atoms with Gasteiger partial charge in [0.1, 0.15) is 0 Å². The fraction of sp³-hybridized carbons (Fsp3) is 0.500. The van der Waals surface area contributed by atoms with Gasteiger partial charge in [-0.3, -0.25) is 9.59 Å². The van der Waals surface area contributed by atoms with Gasteiger partial charge in [-0.1, -0.05) is 12.1 Å². The molecule has 0 saturated carbocycles. The number of nitrogens with one attached hydrogen (secondary N) is 1. The maximum absolute atomic E-state index is 11.6. The van der Waals surface area contributed by atoms with Crippen molar-refractivity contribution in [2.75, 3.05) is 46.2 Å². The zero-order valence-electron chi connectivity index (χ0n) is 13.9. The number of amides is 1. The second kappa shape index (κ2) is 8.38. The molecule has 0 aliphatic heterocycles. The van der Waals surface area contributed by atoms with E-state index < -0.39 is 5.97 Å². The summed E-state index contributed by atoms with van der Waals surface area (Å²) in [6.45, 7) is 1.49. The number of carbonyl (C=O) groups is 2. The molecule has 22 heavy (non-hydrogen) atoms. The number of rotatable bonds is 7. The van der Waals surface area contributed by atoms with E-state index >= 15 is 0 Å². The van der Waals surface area contributed by atoms with Crippen LogP contribution in [0.15, 0.2) is 24.3 Å². The molecule has 1 amide bonds. The predicted molar refractivity (Wildman–Crippen MR) is 86.8 cm³/mol. The lowest BCUT2D eigenvalue weighted by Gasteiger charge is -2.25. The van der Waals surface area contributed by atoms with Gasteiger partial charge < -0.3 is 19.9 Å². The summed E-state index contributed by atoms with van der Waals surface area (Å²) in [6.07, 6.45) is 0. The van der Waals surface area contributed by atoms with Crippen LogP contribution >= 0.6 is 0 Å². The van der Waals surface area contributed by atoms with E-state index in [9.17, 15) is 9.59 Å². The topological polar surface area (TPSA) is 61.9 Å². The highest BCUT2D eigenvalue weighted by atomic mass is 16.5. The van der Waals surface area contributed by atoms with Crippen molar-refractivity contribution in [3.8, 4) is 0 Å². The van der Waals surface area contributed by atoms with Gasteiger partial charge in [-0.25, -0.2) is 0 Å². The number of hydrogen-bond acceptors (Lipinski definition) is 5. The Balaban J connectivity index is 2.65. The van der Waals surface area contributed by atoms with Crippen LogP contribution in [0.5, 0.6) is 0 Å². The Morgan fingerprint density at radius 1 is 1.14 bits per heavy atom. The molecule has 0 heterocycles. The monoisotopic (exact) mass is 307 g/mol. The van der Waals surface area contributed by atoms with Gasteiger partial charge in [0.05, 0.1) is 6.04 Å². The lowest BCUT2D eigenvalue weighted by atomic mass is 10.1. The lowest BCUT2D eigenvalue weighted by Crippen LogP contribution is -2.36. The number of esters is 1. The Morgan fingerprint density at radius 2 is 1.73 bits per heavy atom. The Hall–Kier alpha value is -2.08. The van der Waals surface area contributed by atoms with E-state index in [-0.39, 0.29) is 18.6 Å². The summed E-state index contributed by atoms with van der Waals surface area (Å²) < 4.78 is 4.67. The van der Waals surface area contributed by atoms with Gasteiger partial charge in [0.15, 0.2) is 6.61 Å². The van der Waals surface area contributed by atoms with Gasteiger partial charge in [0.25, 0.3) is 5.91 Å². The molecule has 1 aromatic rings. The number of ether oxygens (including phenoxy) is 1. The van der Waals surface area contributed by atoms with Gasteiger partial charge >= 0.3 is 5.97 Å². The minimum absolute atomic E-state index is 0.0532. The van der Waals surface area contributed by atoms with Crippen LogP contribution in [0, 0.1) is 0 Å². The van der Waals surface area contributed by atoms with Crippen molar-refractivity contribution < 1.29 is 14.3 Å². The maximum atomic E-state index is 11.6. The van der Waals surface area contributed by atoms with Crippen LogP contribution in [0.3, 0.4) is 0 Å². The lowest BCUT2D eigenvalue weighted by molar-refractivity contribution is -0.146. The smallest absolute Gasteiger partial charge is 0.303 e. The average Bonchev–Trinajstić information content (AvgIpc) is 2.45. The van der Waals surface area contributed by atoms with Gasteiger partial charge in [-0.15, -0.1) is 0 Å². The standard InChI is InChI=1S/C16H25N3O3/c1-12(20)22-11-16(21)17-10-15(19(4)5)13-6-8-14(9-7-13)18(2)3/h6-9,15H,10-11H2,1-5H3,(H,17,21)/t15-/m1/s1. The number of carbonyl (C=O) groups excluding carboxylic acids is 2. The van der Waals surface area contributed by atoms with Gasteiger partial charge in [-0.05, 0) is 31.8 Å². The van der Waals surface area contributed by atoms with Gasteiger partial charge in [0.2, 0.25) is 0 Å². The minimum atomic E-state index is -0.460. The van der Waals surface area contributed by atoms with Crippen molar-refractivity contribution in [1.29, 1.82) is 0 Å². The first-order valence-electron chi connectivity index (χ1n) is 7.15. The van der Waals surface area contributed by atoms with Crippen LogP contribution in [0.1, 0.15) is 18.5 Å². The molecule has 0 aliphatic rings. The van der Waals surface area contributed by atoms with Gasteiger partial charge in [0, 0.05) is 33.3 Å². The Labute approximate surface area is 132 Å². The number of anilines is 1. The van der Waals surface area contributed by atoms with E-state index in [1.807, 2.05) is 50.1 Å². The molecule has 0 aliphatic carbocycles. The second-order valence-corrected chi connectivity index (χ2v) is 5.55. The third-order valence-corrected chi connectivity index (χ3v) is 3.32. The summed E-state index contributed by atoms with van der Waals surface area (Å²) in [7, 11) is 7.91. The fourth-order valence-electron chi connectivity index (χ4n) is 2.02. The summed E-state index contributed by atoms with van der Waals surface area (Å²) in [5.74, 6) is -0.759. The molecule has 122 valence electrons. The van der Waals surface area contributed by atoms with Gasteiger partial charge in [-0.2, -0.15) is 0 Å². The zero-order chi connectivity index (χ0) is 16.7. The van der Waals surface area contributed by atoms with Crippen molar-refractivity contribution in [2.45, 2.75) is 13.0 Å². The molecule has 1 atom stereocenters. The summed E-state index contributed by atoms with van der Waals surface area (Å²) in [5.41, 5.74) is 2.24. The Kier molecular flexibility index (Phi) is 6.85. The summed E-state index contributed by atoms with van der Waals surface area (Å²) in [6, 6.07) is 8.26. The molecule has 1 aromatic carbocycles. The number of nitrogens with zero attached hydrogens (tertiary/aromatic N) is 2. The first-order chi connectivity index (χ1) is 10.3. The largest absolute Gasteiger partial charge is 0.456 e. The van der Waals surface area contributed by atoms with E-state index in [1.165, 1.54) is 6.92 Å². The fourth-order valence-corrected chi connectivity index (χ4v) is 2.02. The highest BCUT2D eigenvalue weighted by molar-refractivity contribution is 5.79. The molecule has 1 N–H and O–H groups in total. The van der Waals surface area contributed by atoms with Crippen LogP contribution < -0.4 is 10.2 Å². The first-order valence-corrected chi connectivity index (χ1v) is 7.15. The van der Waals surface area contributed by atoms with E-state index in [2.05, 4.69) is 22.2 Å². The Bertz CT molecular complexity index is 498. The molecule has 0 aromatic heterocycles. The second-order valence-electron chi connectivity index (χ2n) is 5.55. The van der Waals surface area contributed by atoms with Crippen LogP contribution in [0.25, 0.3) is 0 Å². The molecule has 0 radical (unpaired) electrons. The number of hydrogen-bond donors (Lipinski definition) is 1. The SMILES string of the molecule is CC(=O)OCC(=O)NC[C@H](c1ccc(N(C)C)cc1)N(C)C.